The summed E-state index contributed by atoms with van der Waals surface area (Å²) in [5, 5.41) is 3.35. The highest BCUT2D eigenvalue weighted by Crippen LogP contribution is 2.67. The quantitative estimate of drug-likeness (QED) is 0.408. The number of carbonyl (C=O) groups excluding carboxylic acids is 2. The first-order chi connectivity index (χ1) is 18.7. The topological polar surface area (TPSA) is 77.5 Å². The molecule has 1 N–H and O–H groups in total. The van der Waals surface area contributed by atoms with Gasteiger partial charge in [-0.1, -0.05) is 41.5 Å². The lowest BCUT2D eigenvalue weighted by Gasteiger charge is -2.40. The smallest absolute Gasteiger partial charge is 0.337 e. The number of carbonyl (C=O) groups is 2. The van der Waals surface area contributed by atoms with Gasteiger partial charge in [0, 0.05) is 34.6 Å². The Morgan fingerprint density at radius 3 is 1.55 bits per heavy atom. The zero-order valence-electron chi connectivity index (χ0n) is 25.5. The number of pyridine rings is 1. The lowest BCUT2D eigenvalue weighted by Crippen LogP contribution is -2.41. The highest BCUT2D eigenvalue weighted by molar-refractivity contribution is 6.00. The molecule has 6 atom stereocenters. The van der Waals surface area contributed by atoms with Crippen LogP contribution in [0.1, 0.15) is 105 Å². The minimum absolute atomic E-state index is 0.0480. The van der Waals surface area contributed by atoms with Gasteiger partial charge in [0.25, 0.3) is 0 Å². The number of dihydropyridines is 1. The molecule has 216 valence electrons. The molecule has 6 rings (SSSR count). The van der Waals surface area contributed by atoms with Gasteiger partial charge in [0.15, 0.2) is 0 Å². The number of esters is 2. The van der Waals surface area contributed by atoms with Crippen molar-refractivity contribution >= 4 is 11.9 Å². The van der Waals surface area contributed by atoms with Gasteiger partial charge in [-0.25, -0.2) is 9.59 Å². The number of allylic oxidation sites excluding steroid dienone is 2. The van der Waals surface area contributed by atoms with Crippen LogP contribution < -0.4 is 5.32 Å². The second-order valence-electron chi connectivity index (χ2n) is 14.9. The molecule has 0 saturated heterocycles. The number of ether oxygens (including phenoxy) is 2. The van der Waals surface area contributed by atoms with Crippen molar-refractivity contribution in [2.45, 2.75) is 112 Å². The van der Waals surface area contributed by atoms with E-state index in [2.05, 4.69) is 51.8 Å². The van der Waals surface area contributed by atoms with Crippen molar-refractivity contribution in [2.75, 3.05) is 0 Å². The molecule has 4 aliphatic carbocycles. The molecule has 1 aliphatic heterocycles. The fraction of sp³-hybridized carbons (Fsp3) is 0.676. The summed E-state index contributed by atoms with van der Waals surface area (Å²) in [6.07, 6.45) is 9.48. The largest absolute Gasteiger partial charge is 0.458 e. The third-order valence-electron chi connectivity index (χ3n) is 13.2. The molecule has 6 nitrogen and oxygen atoms in total. The van der Waals surface area contributed by atoms with Crippen molar-refractivity contribution in [1.82, 2.24) is 10.3 Å². The van der Waals surface area contributed by atoms with Crippen LogP contribution in [0.2, 0.25) is 0 Å². The predicted octanol–water partition coefficient (Wildman–Crippen LogP) is 6.83. The Hall–Kier alpha value is -2.63. The molecule has 6 unspecified atom stereocenters. The normalized spacial score (nSPS) is 39.0. The number of aromatic nitrogens is 1. The number of rotatable bonds is 5. The van der Waals surface area contributed by atoms with Gasteiger partial charge in [-0.3, -0.25) is 4.98 Å². The van der Waals surface area contributed by atoms with Crippen LogP contribution in [0.5, 0.6) is 0 Å². The van der Waals surface area contributed by atoms with Crippen LogP contribution >= 0.6 is 0 Å². The lowest BCUT2D eigenvalue weighted by molar-refractivity contribution is -0.153. The molecular weight excluding hydrogens is 500 g/mol. The summed E-state index contributed by atoms with van der Waals surface area (Å²) < 4.78 is 12.8. The number of nitrogens with one attached hydrogen (secondary N) is 1. The van der Waals surface area contributed by atoms with Crippen molar-refractivity contribution in [3.8, 4) is 0 Å². The lowest BCUT2D eigenvalue weighted by atomic mass is 9.70. The monoisotopic (exact) mass is 546 g/mol. The highest BCUT2D eigenvalue weighted by Gasteiger charge is 2.64. The van der Waals surface area contributed by atoms with Crippen LogP contribution in [0.15, 0.2) is 47.1 Å². The van der Waals surface area contributed by atoms with Crippen LogP contribution in [0.25, 0.3) is 0 Å². The molecule has 6 heteroatoms. The van der Waals surface area contributed by atoms with E-state index in [0.29, 0.717) is 23.0 Å². The molecule has 5 aliphatic rings. The van der Waals surface area contributed by atoms with Crippen LogP contribution in [-0.2, 0) is 19.1 Å². The Kier molecular flexibility index (Phi) is 6.15. The van der Waals surface area contributed by atoms with Gasteiger partial charge >= 0.3 is 11.9 Å². The van der Waals surface area contributed by atoms with E-state index in [1.165, 1.54) is 12.8 Å². The summed E-state index contributed by atoms with van der Waals surface area (Å²) >= 11 is 0. The number of hydrogen-bond donors (Lipinski definition) is 1. The molecule has 4 bridgehead atoms. The van der Waals surface area contributed by atoms with E-state index in [9.17, 15) is 9.59 Å². The highest BCUT2D eigenvalue weighted by atomic mass is 16.6. The Morgan fingerprint density at radius 2 is 1.20 bits per heavy atom. The fourth-order valence-corrected chi connectivity index (χ4v) is 9.43. The molecule has 0 spiro atoms. The SMILES string of the molecule is CC1=C(C(=O)OC2CC3CCC2(C)C3(C)C)C(c2ccncc2)C(C(=O)OC2CC3CCC2(C)C3(C)C)=C(C)N1. The zero-order valence-corrected chi connectivity index (χ0v) is 25.5. The molecule has 4 fully saturated rings. The third-order valence-corrected chi connectivity index (χ3v) is 13.2. The molecule has 4 saturated carbocycles. The third kappa shape index (κ3) is 3.62. The summed E-state index contributed by atoms with van der Waals surface area (Å²) in [6.45, 7) is 17.7. The predicted molar refractivity (Wildman–Crippen MR) is 154 cm³/mol. The molecule has 1 aromatic heterocycles. The maximum absolute atomic E-state index is 14.1. The molecule has 1 aromatic rings. The van der Waals surface area contributed by atoms with Gasteiger partial charge in [-0.05, 0) is 92.7 Å². The Balaban J connectivity index is 1.32. The van der Waals surface area contributed by atoms with Crippen LogP contribution in [0.3, 0.4) is 0 Å². The van der Waals surface area contributed by atoms with E-state index in [-0.39, 0.29) is 45.8 Å². The van der Waals surface area contributed by atoms with E-state index >= 15 is 0 Å². The van der Waals surface area contributed by atoms with Gasteiger partial charge in [-0.15, -0.1) is 0 Å². The minimum Gasteiger partial charge on any atom is -0.458 e. The van der Waals surface area contributed by atoms with Gasteiger partial charge in [0.2, 0.25) is 0 Å². The van der Waals surface area contributed by atoms with Gasteiger partial charge in [0.1, 0.15) is 12.2 Å². The summed E-state index contributed by atoms with van der Waals surface area (Å²) in [5.41, 5.74) is 3.44. The first kappa shape index (κ1) is 27.5. The molecular formula is C34H46N2O4. The van der Waals surface area contributed by atoms with Crippen LogP contribution in [0.4, 0.5) is 0 Å². The summed E-state index contributed by atoms with van der Waals surface area (Å²) in [4.78, 5) is 32.5. The number of nitrogens with zero attached hydrogens (tertiary/aromatic N) is 1. The van der Waals surface area contributed by atoms with Crippen molar-refractivity contribution in [3.63, 3.8) is 0 Å². The zero-order chi connectivity index (χ0) is 28.8. The van der Waals surface area contributed by atoms with E-state index in [0.717, 1.165) is 42.6 Å². The fourth-order valence-electron chi connectivity index (χ4n) is 9.43. The first-order valence-corrected chi connectivity index (χ1v) is 15.2. The van der Waals surface area contributed by atoms with Crippen molar-refractivity contribution in [3.05, 3.63) is 52.6 Å². The summed E-state index contributed by atoms with van der Waals surface area (Å²) in [7, 11) is 0. The standard InChI is InChI=1S/C34H46N2O4/c1-19-26(29(37)39-24-17-22-9-13-33(24,7)31(22,3)4)28(21-11-15-35-16-12-21)27(20(2)36-19)30(38)40-25-18-23-10-14-34(25,8)32(23,5)6/h11-12,15-16,22-25,28,36H,9-10,13-14,17-18H2,1-8H3. The van der Waals surface area contributed by atoms with Gasteiger partial charge in [0.05, 0.1) is 17.1 Å². The van der Waals surface area contributed by atoms with E-state index in [4.69, 9.17) is 9.47 Å². The molecule has 0 amide bonds. The average Bonchev–Trinajstić information content (AvgIpc) is 3.41. The van der Waals surface area contributed by atoms with Crippen molar-refractivity contribution < 1.29 is 19.1 Å². The van der Waals surface area contributed by atoms with E-state index in [1.54, 1.807) is 12.4 Å². The minimum atomic E-state index is -0.580. The Morgan fingerprint density at radius 1 is 0.775 bits per heavy atom. The average molecular weight is 547 g/mol. The molecule has 0 radical (unpaired) electrons. The Bertz CT molecular complexity index is 1230. The maximum Gasteiger partial charge on any atom is 0.337 e. The second kappa shape index (κ2) is 8.93. The van der Waals surface area contributed by atoms with E-state index in [1.807, 2.05) is 26.0 Å². The Labute approximate surface area is 239 Å². The van der Waals surface area contributed by atoms with Crippen LogP contribution in [0, 0.1) is 33.5 Å². The van der Waals surface area contributed by atoms with Crippen LogP contribution in [-0.4, -0.2) is 29.1 Å². The molecule has 40 heavy (non-hydrogen) atoms. The van der Waals surface area contributed by atoms with Crippen molar-refractivity contribution in [2.24, 2.45) is 33.5 Å². The second-order valence-corrected chi connectivity index (χ2v) is 14.9. The van der Waals surface area contributed by atoms with E-state index < -0.39 is 5.92 Å². The van der Waals surface area contributed by atoms with Gasteiger partial charge in [-0.2, -0.15) is 0 Å². The summed E-state index contributed by atoms with van der Waals surface area (Å²) in [6, 6.07) is 3.78. The maximum atomic E-state index is 14.1. The number of fused-ring (bicyclic) bond motifs is 4. The molecule has 2 heterocycles. The van der Waals surface area contributed by atoms with Gasteiger partial charge < -0.3 is 14.8 Å². The number of hydrogen-bond acceptors (Lipinski definition) is 6. The first-order valence-electron chi connectivity index (χ1n) is 15.2. The summed E-state index contributed by atoms with van der Waals surface area (Å²) in [5.74, 6) is -0.140. The van der Waals surface area contributed by atoms with Crippen molar-refractivity contribution in [1.29, 1.82) is 0 Å². The molecule has 0 aromatic carbocycles.